The molecule has 7 nitrogen and oxygen atoms in total. The Hall–Kier alpha value is -3.04. The van der Waals surface area contributed by atoms with E-state index in [-0.39, 0.29) is 4.21 Å². The molecule has 4 rings (SSSR count). The monoisotopic (exact) mass is 397 g/mol. The molecule has 0 N–H and O–H groups in total. The van der Waals surface area contributed by atoms with Gasteiger partial charge in [0.2, 0.25) is 0 Å². The van der Waals surface area contributed by atoms with E-state index in [4.69, 9.17) is 0 Å². The Balaban J connectivity index is 1.67. The molecule has 27 heavy (non-hydrogen) atoms. The number of fused-ring (bicyclic) bond motifs is 1. The van der Waals surface area contributed by atoms with Gasteiger partial charge in [-0.15, -0.1) is 11.3 Å². The molecule has 4 heterocycles. The fourth-order valence-electron chi connectivity index (χ4n) is 2.54. The highest BCUT2D eigenvalue weighted by atomic mass is 32.2. The standard InChI is InChI=1S/C18H15N5O2S2/c1-22(27(24,25)18-5-3-9-26-18)21-12-16-11-20-17-7-6-15(13-23(16)17)14-4-2-8-19-10-14/h2-13H,1H3/b21-12+. The maximum atomic E-state index is 12.4. The number of hydrazone groups is 1. The van der Waals surface area contributed by atoms with Crippen LogP contribution in [0.2, 0.25) is 0 Å². The minimum absolute atomic E-state index is 0.249. The highest BCUT2D eigenvalue weighted by molar-refractivity contribution is 7.91. The number of imidazole rings is 1. The Labute approximate surface area is 160 Å². The predicted molar refractivity (Wildman–Crippen MR) is 105 cm³/mol. The Bertz CT molecular complexity index is 1200. The van der Waals surface area contributed by atoms with E-state index in [9.17, 15) is 8.42 Å². The Kier molecular flexibility index (Phi) is 4.46. The molecule has 0 atom stereocenters. The van der Waals surface area contributed by atoms with Gasteiger partial charge in [0.15, 0.2) is 0 Å². The van der Waals surface area contributed by atoms with Crippen molar-refractivity contribution in [1.29, 1.82) is 0 Å². The number of thiophene rings is 1. The van der Waals surface area contributed by atoms with Crippen molar-refractivity contribution in [2.24, 2.45) is 5.10 Å². The van der Waals surface area contributed by atoms with E-state index in [2.05, 4.69) is 15.1 Å². The van der Waals surface area contributed by atoms with E-state index >= 15 is 0 Å². The highest BCUT2D eigenvalue weighted by Crippen LogP contribution is 2.21. The third-order valence-corrected chi connectivity index (χ3v) is 7.00. The Morgan fingerprint density at radius 1 is 1.15 bits per heavy atom. The molecule has 0 amide bonds. The van der Waals surface area contributed by atoms with Crippen LogP contribution in [-0.2, 0) is 10.0 Å². The van der Waals surface area contributed by atoms with Gasteiger partial charge < -0.3 is 0 Å². The molecule has 0 aliphatic rings. The summed E-state index contributed by atoms with van der Waals surface area (Å²) in [6, 6.07) is 11.0. The molecule has 0 aliphatic heterocycles. The van der Waals surface area contributed by atoms with Crippen molar-refractivity contribution in [2.45, 2.75) is 4.21 Å². The molecule has 0 spiro atoms. The van der Waals surface area contributed by atoms with Gasteiger partial charge in [0.05, 0.1) is 18.1 Å². The summed E-state index contributed by atoms with van der Waals surface area (Å²) in [4.78, 5) is 8.47. The average Bonchev–Trinajstić information content (AvgIpc) is 3.37. The summed E-state index contributed by atoms with van der Waals surface area (Å²) < 4.78 is 28.0. The van der Waals surface area contributed by atoms with Crippen molar-refractivity contribution in [3.63, 3.8) is 0 Å². The molecule has 4 aromatic rings. The maximum Gasteiger partial charge on any atom is 0.288 e. The Morgan fingerprint density at radius 3 is 2.78 bits per heavy atom. The van der Waals surface area contributed by atoms with Crippen LogP contribution < -0.4 is 0 Å². The largest absolute Gasteiger partial charge is 0.298 e. The molecular weight excluding hydrogens is 382 g/mol. The fourth-order valence-corrected chi connectivity index (χ4v) is 4.65. The van der Waals surface area contributed by atoms with Crippen LogP contribution in [0.5, 0.6) is 0 Å². The van der Waals surface area contributed by atoms with Gasteiger partial charge in [0, 0.05) is 36.8 Å². The van der Waals surface area contributed by atoms with Crippen molar-refractivity contribution >= 4 is 33.2 Å². The topological polar surface area (TPSA) is 79.9 Å². The SMILES string of the molecule is CN(/N=C/c1cnc2ccc(-c3cccnc3)cn12)S(=O)(=O)c1cccs1. The zero-order chi connectivity index (χ0) is 18.9. The number of sulfonamides is 1. The summed E-state index contributed by atoms with van der Waals surface area (Å²) in [5, 5.41) is 5.82. The molecule has 0 unspecified atom stereocenters. The average molecular weight is 397 g/mol. The summed E-state index contributed by atoms with van der Waals surface area (Å²) in [5.74, 6) is 0. The second-order valence-electron chi connectivity index (χ2n) is 5.69. The van der Waals surface area contributed by atoms with Crippen LogP contribution in [0.4, 0.5) is 0 Å². The summed E-state index contributed by atoms with van der Waals surface area (Å²) >= 11 is 1.16. The highest BCUT2D eigenvalue weighted by Gasteiger charge is 2.20. The second-order valence-corrected chi connectivity index (χ2v) is 8.81. The van der Waals surface area contributed by atoms with Gasteiger partial charge in [-0.25, -0.2) is 4.98 Å². The number of pyridine rings is 2. The van der Waals surface area contributed by atoms with Crippen molar-refractivity contribution in [3.05, 3.63) is 72.3 Å². The summed E-state index contributed by atoms with van der Waals surface area (Å²) in [6.45, 7) is 0. The van der Waals surface area contributed by atoms with Crippen LogP contribution >= 0.6 is 11.3 Å². The first kappa shape index (κ1) is 17.4. The van der Waals surface area contributed by atoms with Crippen molar-refractivity contribution in [3.8, 4) is 11.1 Å². The first-order valence-electron chi connectivity index (χ1n) is 7.99. The molecule has 0 aromatic carbocycles. The lowest BCUT2D eigenvalue weighted by Crippen LogP contribution is -2.21. The van der Waals surface area contributed by atoms with Gasteiger partial charge in [0.25, 0.3) is 10.0 Å². The van der Waals surface area contributed by atoms with Gasteiger partial charge in [-0.2, -0.15) is 17.9 Å². The minimum atomic E-state index is -3.64. The normalized spacial score (nSPS) is 12.0. The molecule has 136 valence electrons. The lowest BCUT2D eigenvalue weighted by molar-refractivity contribution is 0.493. The minimum Gasteiger partial charge on any atom is -0.298 e. The lowest BCUT2D eigenvalue weighted by Gasteiger charge is -2.11. The summed E-state index contributed by atoms with van der Waals surface area (Å²) in [6.07, 6.45) is 8.57. The Morgan fingerprint density at radius 2 is 2.04 bits per heavy atom. The number of hydrogen-bond acceptors (Lipinski definition) is 6. The van der Waals surface area contributed by atoms with Gasteiger partial charge in [0.1, 0.15) is 9.86 Å². The van der Waals surface area contributed by atoms with Gasteiger partial charge in [-0.1, -0.05) is 12.1 Å². The molecule has 0 saturated carbocycles. The lowest BCUT2D eigenvalue weighted by atomic mass is 10.1. The number of nitrogens with zero attached hydrogens (tertiary/aromatic N) is 5. The van der Waals surface area contributed by atoms with Gasteiger partial charge in [-0.3, -0.25) is 9.38 Å². The number of hydrogen-bond donors (Lipinski definition) is 0. The van der Waals surface area contributed by atoms with Crippen LogP contribution in [0, 0.1) is 0 Å². The van der Waals surface area contributed by atoms with Crippen LogP contribution in [-0.4, -0.2) is 40.5 Å². The predicted octanol–water partition coefficient (Wildman–Crippen LogP) is 3.11. The van der Waals surface area contributed by atoms with E-state index in [1.54, 1.807) is 36.1 Å². The molecule has 0 radical (unpaired) electrons. The zero-order valence-corrected chi connectivity index (χ0v) is 15.9. The first-order valence-corrected chi connectivity index (χ1v) is 10.3. The molecule has 0 aliphatic carbocycles. The quantitative estimate of drug-likeness (QED) is 0.383. The molecule has 9 heteroatoms. The number of aromatic nitrogens is 3. The molecular formula is C18H15N5O2S2. The van der Waals surface area contributed by atoms with Crippen LogP contribution in [0.1, 0.15) is 5.69 Å². The van der Waals surface area contributed by atoms with Crippen LogP contribution in [0.25, 0.3) is 16.8 Å². The summed E-state index contributed by atoms with van der Waals surface area (Å²) in [7, 11) is -2.22. The molecule has 0 saturated heterocycles. The smallest absolute Gasteiger partial charge is 0.288 e. The molecule has 0 bridgehead atoms. The maximum absolute atomic E-state index is 12.4. The fraction of sp³-hybridized carbons (Fsp3) is 0.0556. The van der Waals surface area contributed by atoms with E-state index < -0.39 is 10.0 Å². The van der Waals surface area contributed by atoms with E-state index in [1.165, 1.54) is 13.3 Å². The van der Waals surface area contributed by atoms with Crippen molar-refractivity contribution in [2.75, 3.05) is 7.05 Å². The van der Waals surface area contributed by atoms with E-state index in [0.29, 0.717) is 5.69 Å². The second kappa shape index (κ2) is 6.93. The zero-order valence-electron chi connectivity index (χ0n) is 14.3. The van der Waals surface area contributed by atoms with Gasteiger partial charge in [-0.05, 0) is 29.6 Å². The number of rotatable bonds is 5. The van der Waals surface area contributed by atoms with E-state index in [1.807, 2.05) is 34.9 Å². The van der Waals surface area contributed by atoms with Crippen molar-refractivity contribution in [1.82, 2.24) is 18.8 Å². The molecule has 4 aromatic heterocycles. The van der Waals surface area contributed by atoms with Gasteiger partial charge >= 0.3 is 0 Å². The third kappa shape index (κ3) is 3.34. The van der Waals surface area contributed by atoms with Crippen molar-refractivity contribution < 1.29 is 8.42 Å². The first-order chi connectivity index (χ1) is 13.1. The molecule has 0 fully saturated rings. The summed E-state index contributed by atoms with van der Waals surface area (Å²) in [5.41, 5.74) is 3.37. The van der Waals surface area contributed by atoms with Crippen LogP contribution in [0.15, 0.2) is 75.9 Å². The third-order valence-electron chi connectivity index (χ3n) is 3.98. The van der Waals surface area contributed by atoms with E-state index in [0.717, 1.165) is 32.5 Å². The van der Waals surface area contributed by atoms with Crippen LogP contribution in [0.3, 0.4) is 0 Å².